The number of Topliss-reactive ketones (excluding diaryl/α,β-unsaturated/α-hetero) is 1. The van der Waals surface area contributed by atoms with Crippen LogP contribution < -0.4 is 4.90 Å². The summed E-state index contributed by atoms with van der Waals surface area (Å²) in [4.78, 5) is 37.6. The van der Waals surface area contributed by atoms with Gasteiger partial charge in [-0.15, -0.1) is 0 Å². The first-order valence-electron chi connectivity index (χ1n) is 9.62. The number of benzene rings is 1. The summed E-state index contributed by atoms with van der Waals surface area (Å²) in [6, 6.07) is 10.2. The highest BCUT2D eigenvalue weighted by molar-refractivity contribution is 5.98. The normalized spacial score (nSPS) is 19.7. The summed E-state index contributed by atoms with van der Waals surface area (Å²) >= 11 is 0. The van der Waals surface area contributed by atoms with E-state index in [1.165, 1.54) is 5.56 Å². The second-order valence-corrected chi connectivity index (χ2v) is 7.19. The lowest BCUT2D eigenvalue weighted by atomic mass is 9.82. The summed E-state index contributed by atoms with van der Waals surface area (Å²) in [7, 11) is 0. The van der Waals surface area contributed by atoms with Crippen LogP contribution in [0.5, 0.6) is 0 Å². The van der Waals surface area contributed by atoms with E-state index in [1.807, 2.05) is 30.0 Å². The minimum Gasteiger partial charge on any atom is -0.339 e. The lowest BCUT2D eigenvalue weighted by Crippen LogP contribution is -2.49. The van der Waals surface area contributed by atoms with Crippen LogP contribution in [0.15, 0.2) is 36.5 Å². The highest BCUT2D eigenvalue weighted by Crippen LogP contribution is 2.32. The Balaban J connectivity index is 1.52. The van der Waals surface area contributed by atoms with Crippen molar-refractivity contribution in [3.05, 3.63) is 53.3 Å². The Morgan fingerprint density at radius 3 is 2.56 bits per heavy atom. The minimum atomic E-state index is 0.120. The van der Waals surface area contributed by atoms with Gasteiger partial charge in [0.05, 0.1) is 11.3 Å². The van der Waals surface area contributed by atoms with Gasteiger partial charge in [0.25, 0.3) is 0 Å². The van der Waals surface area contributed by atoms with E-state index in [-0.39, 0.29) is 17.6 Å². The fourth-order valence-corrected chi connectivity index (χ4v) is 3.93. The maximum Gasteiger partial charge on any atom is 0.225 e. The van der Waals surface area contributed by atoms with Gasteiger partial charge in [-0.2, -0.15) is 0 Å². The average Bonchev–Trinajstić information content (AvgIpc) is 2.73. The van der Waals surface area contributed by atoms with Crippen molar-refractivity contribution in [3.8, 4) is 0 Å². The summed E-state index contributed by atoms with van der Waals surface area (Å²) in [6.45, 7) is 4.72. The molecule has 1 aromatic carbocycles. The van der Waals surface area contributed by atoms with E-state index >= 15 is 0 Å². The smallest absolute Gasteiger partial charge is 0.225 e. The molecular weight excluding hydrogens is 340 g/mol. The fourth-order valence-electron chi connectivity index (χ4n) is 3.93. The third-order valence-electron chi connectivity index (χ3n) is 5.52. The van der Waals surface area contributed by atoms with Gasteiger partial charge in [-0.1, -0.05) is 37.3 Å². The zero-order valence-corrected chi connectivity index (χ0v) is 15.6. The molecule has 1 saturated heterocycles. The number of piperazine rings is 1. The summed E-state index contributed by atoms with van der Waals surface area (Å²) in [5, 5.41) is 0. The Bertz CT molecular complexity index is 845. The molecule has 0 bridgehead atoms. The van der Waals surface area contributed by atoms with Crippen LogP contribution in [-0.2, 0) is 11.2 Å². The fraction of sp³-hybridized carbons (Fsp3) is 0.429. The van der Waals surface area contributed by atoms with Crippen molar-refractivity contribution in [1.82, 2.24) is 14.9 Å². The van der Waals surface area contributed by atoms with Gasteiger partial charge in [-0.3, -0.25) is 9.59 Å². The molecule has 0 spiro atoms. The maximum atomic E-state index is 12.6. The standard InChI is InChI=1S/C21H24N4O2/c1-2-20(27)24-8-10-25(11-9-24)21-22-14-17-18(23-21)12-16(13-19(17)26)15-6-4-3-5-7-15/h3-7,14,16H,2,8-13H2,1H3. The third-order valence-corrected chi connectivity index (χ3v) is 5.52. The quantitative estimate of drug-likeness (QED) is 0.837. The molecule has 0 saturated carbocycles. The third kappa shape index (κ3) is 3.56. The molecule has 1 aromatic heterocycles. The van der Waals surface area contributed by atoms with E-state index in [0.717, 1.165) is 25.2 Å². The zero-order valence-electron chi connectivity index (χ0n) is 15.6. The average molecular weight is 364 g/mol. The van der Waals surface area contributed by atoms with Crippen molar-refractivity contribution in [2.24, 2.45) is 0 Å². The molecule has 0 N–H and O–H groups in total. The summed E-state index contributed by atoms with van der Waals surface area (Å²) < 4.78 is 0. The van der Waals surface area contributed by atoms with Crippen LogP contribution in [0.2, 0.25) is 0 Å². The number of carbonyl (C=O) groups excluding carboxylic acids is 2. The van der Waals surface area contributed by atoms with E-state index < -0.39 is 0 Å². The molecule has 1 amide bonds. The lowest BCUT2D eigenvalue weighted by Gasteiger charge is -2.35. The number of rotatable bonds is 3. The summed E-state index contributed by atoms with van der Waals surface area (Å²) in [5.41, 5.74) is 2.69. The Hall–Kier alpha value is -2.76. The molecule has 2 aromatic rings. The first-order chi connectivity index (χ1) is 13.2. The molecule has 1 unspecified atom stereocenters. The maximum absolute atomic E-state index is 12.6. The van der Waals surface area contributed by atoms with Crippen LogP contribution in [0.3, 0.4) is 0 Å². The molecule has 1 atom stereocenters. The monoisotopic (exact) mass is 364 g/mol. The van der Waals surface area contributed by atoms with E-state index in [1.54, 1.807) is 6.20 Å². The molecule has 2 aliphatic rings. The van der Waals surface area contributed by atoms with E-state index in [4.69, 9.17) is 4.98 Å². The van der Waals surface area contributed by atoms with Crippen molar-refractivity contribution in [1.29, 1.82) is 0 Å². The molecule has 27 heavy (non-hydrogen) atoms. The van der Waals surface area contributed by atoms with Crippen LogP contribution in [0.1, 0.15) is 47.3 Å². The van der Waals surface area contributed by atoms with Gasteiger partial charge in [0.2, 0.25) is 11.9 Å². The van der Waals surface area contributed by atoms with Gasteiger partial charge in [0.1, 0.15) is 0 Å². The number of ketones is 1. The van der Waals surface area contributed by atoms with E-state index in [2.05, 4.69) is 22.0 Å². The molecule has 1 aliphatic heterocycles. The number of fused-ring (bicyclic) bond motifs is 1. The number of amides is 1. The van der Waals surface area contributed by atoms with Gasteiger partial charge < -0.3 is 9.80 Å². The molecule has 0 radical (unpaired) electrons. The molecule has 6 nitrogen and oxygen atoms in total. The number of hydrogen-bond donors (Lipinski definition) is 0. The predicted octanol–water partition coefficient (Wildman–Crippen LogP) is 2.45. The van der Waals surface area contributed by atoms with Gasteiger partial charge >= 0.3 is 0 Å². The number of nitrogens with zero attached hydrogens (tertiary/aromatic N) is 4. The molecule has 2 heterocycles. The second kappa shape index (κ2) is 7.47. The topological polar surface area (TPSA) is 66.4 Å². The van der Waals surface area contributed by atoms with Crippen LogP contribution in [0.25, 0.3) is 0 Å². The Morgan fingerprint density at radius 2 is 1.85 bits per heavy atom. The summed E-state index contributed by atoms with van der Waals surface area (Å²) in [6.07, 6.45) is 3.50. The molecule has 6 heteroatoms. The predicted molar refractivity (Wildman–Crippen MR) is 103 cm³/mol. The number of carbonyl (C=O) groups is 2. The van der Waals surface area contributed by atoms with Crippen LogP contribution >= 0.6 is 0 Å². The first-order valence-corrected chi connectivity index (χ1v) is 9.62. The Kier molecular flexibility index (Phi) is 4.88. The van der Waals surface area contributed by atoms with Crippen LogP contribution in [0, 0.1) is 0 Å². The second-order valence-electron chi connectivity index (χ2n) is 7.19. The molecular formula is C21H24N4O2. The van der Waals surface area contributed by atoms with Crippen molar-refractivity contribution in [2.45, 2.75) is 32.1 Å². The zero-order chi connectivity index (χ0) is 18.8. The van der Waals surface area contributed by atoms with Crippen molar-refractivity contribution in [2.75, 3.05) is 31.1 Å². The van der Waals surface area contributed by atoms with Gasteiger partial charge in [-0.05, 0) is 17.9 Å². The molecule has 1 fully saturated rings. The Labute approximate surface area is 159 Å². The minimum absolute atomic E-state index is 0.120. The molecule has 1 aliphatic carbocycles. The van der Waals surface area contributed by atoms with Crippen molar-refractivity contribution < 1.29 is 9.59 Å². The van der Waals surface area contributed by atoms with Gasteiger partial charge in [0, 0.05) is 45.2 Å². The highest BCUT2D eigenvalue weighted by atomic mass is 16.2. The van der Waals surface area contributed by atoms with E-state index in [0.29, 0.717) is 37.4 Å². The van der Waals surface area contributed by atoms with Crippen LogP contribution in [-0.4, -0.2) is 52.7 Å². The summed E-state index contributed by atoms with van der Waals surface area (Å²) in [5.74, 6) is 1.15. The first kappa shape index (κ1) is 17.6. The largest absolute Gasteiger partial charge is 0.339 e. The SMILES string of the molecule is CCC(=O)N1CCN(c2ncc3c(n2)CC(c2ccccc2)CC3=O)CC1. The Morgan fingerprint density at radius 1 is 1.11 bits per heavy atom. The number of aromatic nitrogens is 2. The molecule has 4 rings (SSSR count). The van der Waals surface area contributed by atoms with Gasteiger partial charge in [-0.25, -0.2) is 9.97 Å². The highest BCUT2D eigenvalue weighted by Gasteiger charge is 2.29. The number of anilines is 1. The number of hydrogen-bond acceptors (Lipinski definition) is 5. The van der Waals surface area contributed by atoms with Crippen molar-refractivity contribution >= 4 is 17.6 Å². The van der Waals surface area contributed by atoms with E-state index in [9.17, 15) is 9.59 Å². The van der Waals surface area contributed by atoms with Gasteiger partial charge in [0.15, 0.2) is 5.78 Å². The molecule has 140 valence electrons. The lowest BCUT2D eigenvalue weighted by molar-refractivity contribution is -0.131. The van der Waals surface area contributed by atoms with Crippen molar-refractivity contribution in [3.63, 3.8) is 0 Å². The van der Waals surface area contributed by atoms with Crippen LogP contribution in [0.4, 0.5) is 5.95 Å².